The molecular formula is C14H20FNO. The molecule has 0 bridgehead atoms. The van der Waals surface area contributed by atoms with Crippen molar-refractivity contribution in [2.24, 2.45) is 5.41 Å². The topological polar surface area (TPSA) is 32.3 Å². The number of aryl methyl sites for hydroxylation is 1. The molecule has 2 rings (SSSR count). The van der Waals surface area contributed by atoms with Crippen LogP contribution >= 0.6 is 0 Å². The highest BCUT2D eigenvalue weighted by Crippen LogP contribution is 2.49. The molecule has 1 atom stereocenters. The zero-order chi connectivity index (χ0) is 12.5. The highest BCUT2D eigenvalue weighted by molar-refractivity contribution is 5.28. The number of aliphatic hydroxyl groups is 1. The standard InChI is InChI=1S/C14H20FNO/c1-10-8-11(4-5-12(10)15)13(16-2)14(9-17)6-3-7-14/h4-5,8,13,16-17H,3,6-7,9H2,1-2H3. The van der Waals surface area contributed by atoms with Gasteiger partial charge in [-0.25, -0.2) is 4.39 Å². The van der Waals surface area contributed by atoms with Gasteiger partial charge >= 0.3 is 0 Å². The van der Waals surface area contributed by atoms with Gasteiger partial charge < -0.3 is 10.4 Å². The maximum absolute atomic E-state index is 13.3. The lowest BCUT2D eigenvalue weighted by Crippen LogP contribution is -2.44. The smallest absolute Gasteiger partial charge is 0.126 e. The predicted octanol–water partition coefficient (Wildman–Crippen LogP) is 2.56. The Morgan fingerprint density at radius 1 is 1.47 bits per heavy atom. The fourth-order valence-corrected chi connectivity index (χ4v) is 2.84. The van der Waals surface area contributed by atoms with E-state index in [1.165, 1.54) is 12.5 Å². The fourth-order valence-electron chi connectivity index (χ4n) is 2.84. The van der Waals surface area contributed by atoms with Gasteiger partial charge in [0.05, 0.1) is 6.61 Å². The van der Waals surface area contributed by atoms with Gasteiger partial charge in [-0.05, 0) is 44.0 Å². The Hall–Kier alpha value is -0.930. The van der Waals surface area contributed by atoms with E-state index >= 15 is 0 Å². The molecule has 94 valence electrons. The van der Waals surface area contributed by atoms with E-state index in [9.17, 15) is 9.50 Å². The van der Waals surface area contributed by atoms with E-state index < -0.39 is 0 Å². The van der Waals surface area contributed by atoms with Gasteiger partial charge in [0, 0.05) is 11.5 Å². The van der Waals surface area contributed by atoms with Crippen LogP contribution in [0.1, 0.15) is 36.4 Å². The number of benzene rings is 1. The van der Waals surface area contributed by atoms with E-state index in [0.717, 1.165) is 18.4 Å². The molecule has 1 aromatic carbocycles. The first-order valence-corrected chi connectivity index (χ1v) is 6.17. The summed E-state index contributed by atoms with van der Waals surface area (Å²) in [4.78, 5) is 0. The molecule has 0 saturated heterocycles. The lowest BCUT2D eigenvalue weighted by molar-refractivity contribution is 0.00779. The fraction of sp³-hybridized carbons (Fsp3) is 0.571. The van der Waals surface area contributed by atoms with Crippen LogP contribution in [0.3, 0.4) is 0 Å². The van der Waals surface area contributed by atoms with Crippen molar-refractivity contribution in [3.63, 3.8) is 0 Å². The van der Waals surface area contributed by atoms with Gasteiger partial charge in [-0.15, -0.1) is 0 Å². The predicted molar refractivity (Wildman–Crippen MR) is 66.3 cm³/mol. The normalized spacial score (nSPS) is 19.8. The number of nitrogens with one attached hydrogen (secondary N) is 1. The van der Waals surface area contributed by atoms with Crippen molar-refractivity contribution in [3.8, 4) is 0 Å². The summed E-state index contributed by atoms with van der Waals surface area (Å²) in [5, 5.41) is 12.9. The molecule has 1 aromatic rings. The van der Waals surface area contributed by atoms with E-state index in [1.807, 2.05) is 19.2 Å². The maximum Gasteiger partial charge on any atom is 0.126 e. The van der Waals surface area contributed by atoms with Crippen LogP contribution in [0.4, 0.5) is 4.39 Å². The van der Waals surface area contributed by atoms with Crippen LogP contribution in [0, 0.1) is 18.2 Å². The van der Waals surface area contributed by atoms with Crippen molar-refractivity contribution in [2.45, 2.75) is 32.2 Å². The lowest BCUT2D eigenvalue weighted by Gasteiger charge is -2.46. The third kappa shape index (κ3) is 2.09. The molecular weight excluding hydrogens is 217 g/mol. The third-order valence-corrected chi connectivity index (χ3v) is 4.08. The Morgan fingerprint density at radius 3 is 2.59 bits per heavy atom. The minimum atomic E-state index is -0.171. The first-order valence-electron chi connectivity index (χ1n) is 6.17. The molecule has 0 aromatic heterocycles. The van der Waals surface area contributed by atoms with Gasteiger partial charge in [0.25, 0.3) is 0 Å². The minimum absolute atomic E-state index is 0.0565. The molecule has 0 amide bonds. The number of rotatable bonds is 4. The first kappa shape index (κ1) is 12.5. The summed E-state index contributed by atoms with van der Waals surface area (Å²) in [6.45, 7) is 1.97. The second-order valence-electron chi connectivity index (χ2n) is 5.10. The van der Waals surface area contributed by atoms with Gasteiger partial charge in [-0.2, -0.15) is 0 Å². The molecule has 2 nitrogen and oxygen atoms in total. The average molecular weight is 237 g/mol. The Labute approximate surface area is 102 Å². The van der Waals surface area contributed by atoms with Gasteiger partial charge in [0.15, 0.2) is 0 Å². The van der Waals surface area contributed by atoms with Crippen molar-refractivity contribution >= 4 is 0 Å². The molecule has 0 spiro atoms. The minimum Gasteiger partial charge on any atom is -0.396 e. The summed E-state index contributed by atoms with van der Waals surface area (Å²) in [7, 11) is 1.90. The number of halogens is 1. The largest absolute Gasteiger partial charge is 0.396 e. The van der Waals surface area contributed by atoms with Gasteiger partial charge in [0.1, 0.15) is 5.82 Å². The first-order chi connectivity index (χ1) is 8.13. The quantitative estimate of drug-likeness (QED) is 0.843. The number of hydrogen-bond acceptors (Lipinski definition) is 2. The van der Waals surface area contributed by atoms with Gasteiger partial charge in [-0.1, -0.05) is 18.6 Å². The summed E-state index contributed by atoms with van der Waals surface area (Å²) in [5.41, 5.74) is 1.68. The molecule has 3 heteroatoms. The van der Waals surface area contributed by atoms with Crippen molar-refractivity contribution < 1.29 is 9.50 Å². The van der Waals surface area contributed by atoms with Crippen LogP contribution in [0.2, 0.25) is 0 Å². The molecule has 0 heterocycles. The second-order valence-corrected chi connectivity index (χ2v) is 5.10. The number of aliphatic hydroxyl groups excluding tert-OH is 1. The van der Waals surface area contributed by atoms with Gasteiger partial charge in [-0.3, -0.25) is 0 Å². The molecule has 2 N–H and O–H groups in total. The lowest BCUT2D eigenvalue weighted by atomic mass is 9.63. The molecule has 0 radical (unpaired) electrons. The monoisotopic (exact) mass is 237 g/mol. The molecule has 1 aliphatic carbocycles. The molecule has 1 unspecified atom stereocenters. The van der Waals surface area contributed by atoms with Crippen LogP contribution in [0.5, 0.6) is 0 Å². The molecule has 1 fully saturated rings. The molecule has 1 aliphatic rings. The van der Waals surface area contributed by atoms with Crippen LogP contribution in [0.15, 0.2) is 18.2 Å². The van der Waals surface area contributed by atoms with Crippen molar-refractivity contribution in [1.82, 2.24) is 5.32 Å². The Balaban J connectivity index is 2.31. The summed E-state index contributed by atoms with van der Waals surface area (Å²) >= 11 is 0. The van der Waals surface area contributed by atoms with Crippen LogP contribution in [0.25, 0.3) is 0 Å². The van der Waals surface area contributed by atoms with E-state index in [1.54, 1.807) is 6.92 Å². The summed E-state index contributed by atoms with van der Waals surface area (Å²) < 4.78 is 13.3. The molecule has 17 heavy (non-hydrogen) atoms. The van der Waals surface area contributed by atoms with Crippen molar-refractivity contribution in [1.29, 1.82) is 0 Å². The van der Waals surface area contributed by atoms with E-state index in [4.69, 9.17) is 0 Å². The zero-order valence-electron chi connectivity index (χ0n) is 10.5. The highest BCUT2D eigenvalue weighted by Gasteiger charge is 2.43. The summed E-state index contributed by atoms with van der Waals surface area (Å²) in [6.07, 6.45) is 3.23. The molecule has 0 aliphatic heterocycles. The Kier molecular flexibility index (Phi) is 3.50. The van der Waals surface area contributed by atoms with E-state index in [0.29, 0.717) is 5.56 Å². The number of hydrogen-bond donors (Lipinski definition) is 2. The second kappa shape index (κ2) is 4.75. The Bertz CT molecular complexity index is 396. The van der Waals surface area contributed by atoms with Crippen molar-refractivity contribution in [2.75, 3.05) is 13.7 Å². The van der Waals surface area contributed by atoms with Gasteiger partial charge in [0.2, 0.25) is 0 Å². The third-order valence-electron chi connectivity index (χ3n) is 4.08. The van der Waals surface area contributed by atoms with Crippen LogP contribution in [-0.4, -0.2) is 18.8 Å². The average Bonchev–Trinajstić information content (AvgIpc) is 2.27. The summed E-state index contributed by atoms with van der Waals surface area (Å²) in [5.74, 6) is -0.171. The SMILES string of the molecule is CNC(c1ccc(F)c(C)c1)C1(CO)CCC1. The summed E-state index contributed by atoms with van der Waals surface area (Å²) in [6, 6.07) is 5.32. The van der Waals surface area contributed by atoms with Crippen LogP contribution in [-0.2, 0) is 0 Å². The molecule has 1 saturated carbocycles. The van der Waals surface area contributed by atoms with E-state index in [2.05, 4.69) is 5.32 Å². The maximum atomic E-state index is 13.3. The van der Waals surface area contributed by atoms with Crippen molar-refractivity contribution in [3.05, 3.63) is 35.1 Å². The highest BCUT2D eigenvalue weighted by atomic mass is 19.1. The van der Waals surface area contributed by atoms with Crippen LogP contribution < -0.4 is 5.32 Å². The van der Waals surface area contributed by atoms with E-state index in [-0.39, 0.29) is 23.9 Å². The Morgan fingerprint density at radius 2 is 2.18 bits per heavy atom. The zero-order valence-corrected chi connectivity index (χ0v) is 10.5.